The maximum absolute atomic E-state index is 13.2. The molecule has 1 aromatic heterocycles. The molecule has 0 aromatic carbocycles. The molecule has 1 aliphatic carbocycles. The van der Waals surface area contributed by atoms with Crippen molar-refractivity contribution in [3.63, 3.8) is 0 Å². The van der Waals surface area contributed by atoms with Crippen LogP contribution in [0.5, 0.6) is 0 Å². The average molecular weight is 300 g/mol. The number of alkyl halides is 2. The van der Waals surface area contributed by atoms with Crippen LogP contribution in [0.3, 0.4) is 0 Å². The lowest BCUT2D eigenvalue weighted by Crippen LogP contribution is -2.29. The first kappa shape index (κ1) is 14.4. The molecule has 0 radical (unpaired) electrons. The van der Waals surface area contributed by atoms with Crippen LogP contribution >= 0.6 is 11.5 Å². The second-order valence-corrected chi connectivity index (χ2v) is 6.83. The summed E-state index contributed by atoms with van der Waals surface area (Å²) in [7, 11) is 0. The van der Waals surface area contributed by atoms with Gasteiger partial charge in [0.15, 0.2) is 0 Å². The van der Waals surface area contributed by atoms with Gasteiger partial charge in [0.25, 0.3) is 6.43 Å². The Labute approximate surface area is 123 Å². The first-order valence-corrected chi connectivity index (χ1v) is 8.52. The molecule has 0 unspecified atom stereocenters. The van der Waals surface area contributed by atoms with Crippen molar-refractivity contribution in [2.45, 2.75) is 63.8 Å². The Morgan fingerprint density at radius 2 is 1.80 bits per heavy atom. The average Bonchev–Trinajstić information content (AvgIpc) is 3.08. The van der Waals surface area contributed by atoms with E-state index >= 15 is 0 Å². The third-order valence-corrected chi connectivity index (χ3v) is 5.53. The lowest BCUT2D eigenvalue weighted by molar-refractivity contribution is 0.151. The second-order valence-electron chi connectivity index (χ2n) is 6.03. The fourth-order valence-electron chi connectivity index (χ4n) is 3.53. The third kappa shape index (κ3) is 3.03. The second kappa shape index (κ2) is 6.48. The van der Waals surface area contributed by atoms with Gasteiger partial charge in [-0.3, -0.25) is 4.90 Å². The minimum Gasteiger partial charge on any atom is -0.299 e. The number of rotatable bonds is 4. The standard InChI is InChI=1S/C15H22F2N2S/c16-15(17)14-12(10-19-8-4-1-5-9-19)13(18-20-14)11-6-2-3-7-11/h11,15H,1-10H2. The molecule has 1 aromatic rings. The van der Waals surface area contributed by atoms with Crippen molar-refractivity contribution in [2.24, 2.45) is 0 Å². The van der Waals surface area contributed by atoms with Crippen LogP contribution in [0.4, 0.5) is 8.78 Å². The van der Waals surface area contributed by atoms with E-state index in [-0.39, 0.29) is 4.88 Å². The molecule has 0 N–H and O–H groups in total. The zero-order valence-electron chi connectivity index (χ0n) is 11.8. The van der Waals surface area contributed by atoms with E-state index < -0.39 is 6.43 Å². The zero-order chi connectivity index (χ0) is 13.9. The predicted octanol–water partition coefficient (Wildman–Crippen LogP) is 4.72. The van der Waals surface area contributed by atoms with Crippen LogP contribution in [0, 0.1) is 0 Å². The minimum absolute atomic E-state index is 0.220. The van der Waals surface area contributed by atoms with Crippen molar-refractivity contribution in [2.75, 3.05) is 13.1 Å². The Morgan fingerprint density at radius 3 is 2.45 bits per heavy atom. The highest BCUT2D eigenvalue weighted by atomic mass is 32.1. The molecule has 3 rings (SSSR count). The molecule has 1 saturated carbocycles. The highest BCUT2D eigenvalue weighted by molar-refractivity contribution is 7.06. The van der Waals surface area contributed by atoms with Gasteiger partial charge in [0.2, 0.25) is 0 Å². The van der Waals surface area contributed by atoms with Crippen LogP contribution in [0.2, 0.25) is 0 Å². The van der Waals surface area contributed by atoms with Crippen molar-refractivity contribution < 1.29 is 8.78 Å². The monoisotopic (exact) mass is 300 g/mol. The lowest BCUT2D eigenvalue weighted by atomic mass is 9.98. The maximum Gasteiger partial charge on any atom is 0.274 e. The number of aromatic nitrogens is 1. The molecule has 2 heterocycles. The Hall–Kier alpha value is -0.550. The van der Waals surface area contributed by atoms with E-state index in [1.807, 2.05) is 0 Å². The summed E-state index contributed by atoms with van der Waals surface area (Å²) in [5.41, 5.74) is 1.85. The van der Waals surface area contributed by atoms with E-state index in [1.54, 1.807) is 0 Å². The summed E-state index contributed by atoms with van der Waals surface area (Å²) >= 11 is 1.03. The van der Waals surface area contributed by atoms with Crippen molar-refractivity contribution in [3.8, 4) is 0 Å². The molecule has 1 saturated heterocycles. The molecule has 0 bridgehead atoms. The van der Waals surface area contributed by atoms with Crippen LogP contribution in [0.1, 0.15) is 73.4 Å². The minimum atomic E-state index is -2.37. The topological polar surface area (TPSA) is 16.1 Å². The highest BCUT2D eigenvalue weighted by Gasteiger charge is 2.29. The molecule has 20 heavy (non-hydrogen) atoms. The molecular weight excluding hydrogens is 278 g/mol. The number of likely N-dealkylation sites (tertiary alicyclic amines) is 1. The molecule has 1 aliphatic heterocycles. The van der Waals surface area contributed by atoms with Crippen LogP contribution in [0.15, 0.2) is 0 Å². The van der Waals surface area contributed by atoms with Gasteiger partial charge in [0.1, 0.15) is 0 Å². The van der Waals surface area contributed by atoms with E-state index in [1.165, 1.54) is 32.1 Å². The van der Waals surface area contributed by atoms with Crippen LogP contribution < -0.4 is 0 Å². The van der Waals surface area contributed by atoms with E-state index in [9.17, 15) is 8.78 Å². The summed E-state index contributed by atoms with van der Waals surface area (Å²) in [6.07, 6.45) is 5.97. The predicted molar refractivity (Wildman–Crippen MR) is 77.4 cm³/mol. The fourth-order valence-corrected chi connectivity index (χ4v) is 4.34. The molecule has 2 aliphatic rings. The van der Waals surface area contributed by atoms with Gasteiger partial charge in [-0.15, -0.1) is 0 Å². The molecule has 112 valence electrons. The van der Waals surface area contributed by atoms with Gasteiger partial charge in [-0.2, -0.15) is 4.37 Å². The van der Waals surface area contributed by atoms with Gasteiger partial charge in [-0.05, 0) is 50.3 Å². The number of nitrogens with zero attached hydrogens (tertiary/aromatic N) is 2. The Bertz CT molecular complexity index is 435. The number of hydrogen-bond acceptors (Lipinski definition) is 3. The summed E-state index contributed by atoms with van der Waals surface area (Å²) in [4.78, 5) is 2.55. The number of halogens is 2. The van der Waals surface area contributed by atoms with Crippen molar-refractivity contribution >= 4 is 11.5 Å². The van der Waals surface area contributed by atoms with Crippen molar-refractivity contribution in [1.29, 1.82) is 0 Å². The number of piperidine rings is 1. The zero-order valence-corrected chi connectivity index (χ0v) is 12.6. The maximum atomic E-state index is 13.2. The van der Waals surface area contributed by atoms with E-state index in [2.05, 4.69) is 9.27 Å². The summed E-state index contributed by atoms with van der Waals surface area (Å²) in [6.45, 7) is 2.77. The van der Waals surface area contributed by atoms with Gasteiger partial charge in [0.05, 0.1) is 10.6 Å². The van der Waals surface area contributed by atoms with Gasteiger partial charge in [-0.1, -0.05) is 19.3 Å². The third-order valence-electron chi connectivity index (χ3n) is 4.62. The van der Waals surface area contributed by atoms with Crippen molar-refractivity contribution in [3.05, 3.63) is 16.1 Å². The molecule has 0 amide bonds. The first-order chi connectivity index (χ1) is 9.75. The largest absolute Gasteiger partial charge is 0.299 e. The highest BCUT2D eigenvalue weighted by Crippen LogP contribution is 2.40. The molecule has 0 spiro atoms. The summed E-state index contributed by atoms with van der Waals surface area (Å²) < 4.78 is 30.9. The van der Waals surface area contributed by atoms with Crippen LogP contribution in [-0.4, -0.2) is 22.4 Å². The summed E-state index contributed by atoms with van der Waals surface area (Å²) in [6, 6.07) is 0. The molecule has 0 atom stereocenters. The van der Waals surface area contributed by atoms with Gasteiger partial charge in [-0.25, -0.2) is 8.78 Å². The van der Waals surface area contributed by atoms with Crippen LogP contribution in [0.25, 0.3) is 0 Å². The Morgan fingerprint density at radius 1 is 1.10 bits per heavy atom. The fraction of sp³-hybridized carbons (Fsp3) is 0.800. The molecule has 2 fully saturated rings. The Balaban J connectivity index is 1.82. The SMILES string of the molecule is FC(F)c1snc(C2CCCC2)c1CN1CCCCC1. The van der Waals surface area contributed by atoms with Gasteiger partial charge >= 0.3 is 0 Å². The molecule has 5 heteroatoms. The van der Waals surface area contributed by atoms with E-state index in [0.29, 0.717) is 12.5 Å². The lowest BCUT2D eigenvalue weighted by Gasteiger charge is -2.27. The van der Waals surface area contributed by atoms with Crippen LogP contribution in [-0.2, 0) is 6.54 Å². The molecular formula is C15H22F2N2S. The van der Waals surface area contributed by atoms with E-state index in [4.69, 9.17) is 0 Å². The summed E-state index contributed by atoms with van der Waals surface area (Å²) in [5, 5.41) is 0. The van der Waals surface area contributed by atoms with Gasteiger partial charge < -0.3 is 0 Å². The van der Waals surface area contributed by atoms with Crippen molar-refractivity contribution in [1.82, 2.24) is 9.27 Å². The first-order valence-electron chi connectivity index (χ1n) is 7.74. The Kier molecular flexibility index (Phi) is 4.66. The quantitative estimate of drug-likeness (QED) is 0.799. The number of hydrogen-bond donors (Lipinski definition) is 0. The normalized spacial score (nSPS) is 21.9. The van der Waals surface area contributed by atoms with E-state index in [0.717, 1.165) is 48.7 Å². The summed E-state index contributed by atoms with van der Waals surface area (Å²) in [5.74, 6) is 0.429. The smallest absolute Gasteiger partial charge is 0.274 e. The molecule has 2 nitrogen and oxygen atoms in total. The van der Waals surface area contributed by atoms with Gasteiger partial charge in [0, 0.05) is 18.0 Å².